The van der Waals surface area contributed by atoms with Gasteiger partial charge in [-0.3, -0.25) is 0 Å². The fourth-order valence-electron chi connectivity index (χ4n) is 1.93. The first-order valence-electron chi connectivity index (χ1n) is 6.10. The average molecular weight is 314 g/mol. The Kier molecular flexibility index (Phi) is 4.48. The number of benzene rings is 1. The molecular formula is C13H12F6O2. The molecule has 0 aromatic heterocycles. The summed E-state index contributed by atoms with van der Waals surface area (Å²) in [5.41, 5.74) is -0.579. The Bertz CT molecular complexity index is 482. The molecule has 1 saturated heterocycles. The predicted octanol–water partition coefficient (Wildman–Crippen LogP) is 3.80. The van der Waals surface area contributed by atoms with Crippen LogP contribution in [-0.2, 0) is 22.3 Å². The molecule has 0 saturated carbocycles. The van der Waals surface area contributed by atoms with Crippen LogP contribution in [-0.4, -0.2) is 25.5 Å². The molecule has 118 valence electrons. The first kappa shape index (κ1) is 16.1. The van der Waals surface area contributed by atoms with E-state index < -0.39 is 36.5 Å². The SMILES string of the molecule is FC(F)(F)c1cccc(COCC2OCC2C(F)(F)F)c1. The molecule has 2 atom stereocenters. The molecule has 2 rings (SSSR count). The van der Waals surface area contributed by atoms with E-state index in [9.17, 15) is 26.3 Å². The van der Waals surface area contributed by atoms with Crippen molar-refractivity contribution < 1.29 is 35.8 Å². The van der Waals surface area contributed by atoms with Gasteiger partial charge in [0.15, 0.2) is 0 Å². The second kappa shape index (κ2) is 5.84. The van der Waals surface area contributed by atoms with Crippen molar-refractivity contribution in [1.82, 2.24) is 0 Å². The van der Waals surface area contributed by atoms with Gasteiger partial charge in [-0.15, -0.1) is 0 Å². The second-order valence-electron chi connectivity index (χ2n) is 4.73. The van der Waals surface area contributed by atoms with Crippen LogP contribution in [0.15, 0.2) is 24.3 Å². The Morgan fingerprint density at radius 1 is 1.14 bits per heavy atom. The Morgan fingerprint density at radius 2 is 1.86 bits per heavy atom. The van der Waals surface area contributed by atoms with E-state index in [-0.39, 0.29) is 18.8 Å². The van der Waals surface area contributed by atoms with E-state index in [0.717, 1.165) is 12.1 Å². The zero-order chi connectivity index (χ0) is 15.7. The Labute approximate surface area is 116 Å². The van der Waals surface area contributed by atoms with Crippen LogP contribution in [0.4, 0.5) is 26.3 Å². The first-order chi connectivity index (χ1) is 9.68. The minimum absolute atomic E-state index is 0.200. The normalized spacial score (nSPS) is 23.0. The summed E-state index contributed by atoms with van der Waals surface area (Å²) in [4.78, 5) is 0. The predicted molar refractivity (Wildman–Crippen MR) is 60.4 cm³/mol. The van der Waals surface area contributed by atoms with E-state index in [1.54, 1.807) is 0 Å². The molecule has 1 aromatic carbocycles. The molecule has 0 aliphatic carbocycles. The molecule has 1 heterocycles. The highest BCUT2D eigenvalue weighted by atomic mass is 19.4. The van der Waals surface area contributed by atoms with Crippen molar-refractivity contribution in [2.45, 2.75) is 25.1 Å². The van der Waals surface area contributed by atoms with Crippen LogP contribution in [0.5, 0.6) is 0 Å². The lowest BCUT2D eigenvalue weighted by atomic mass is 9.98. The summed E-state index contributed by atoms with van der Waals surface area (Å²) in [7, 11) is 0. The van der Waals surface area contributed by atoms with E-state index in [1.807, 2.05) is 0 Å². The monoisotopic (exact) mass is 314 g/mol. The number of alkyl halides is 6. The van der Waals surface area contributed by atoms with Crippen molar-refractivity contribution in [2.75, 3.05) is 13.2 Å². The van der Waals surface area contributed by atoms with Gasteiger partial charge in [0.05, 0.1) is 31.5 Å². The molecule has 8 heteroatoms. The zero-order valence-electron chi connectivity index (χ0n) is 10.7. The standard InChI is InChI=1S/C13H12F6O2/c14-12(15,16)9-3-1-2-8(4-9)5-20-7-11-10(6-21-11)13(17,18)19/h1-4,10-11H,5-7H2. The van der Waals surface area contributed by atoms with Crippen LogP contribution in [0, 0.1) is 5.92 Å². The van der Waals surface area contributed by atoms with Crippen LogP contribution >= 0.6 is 0 Å². The third-order valence-corrected chi connectivity index (χ3v) is 3.16. The number of hydrogen-bond acceptors (Lipinski definition) is 2. The molecule has 0 N–H and O–H groups in total. The number of ether oxygens (including phenoxy) is 2. The number of halogens is 6. The van der Waals surface area contributed by atoms with E-state index >= 15 is 0 Å². The second-order valence-corrected chi connectivity index (χ2v) is 4.73. The topological polar surface area (TPSA) is 18.5 Å². The Morgan fingerprint density at radius 3 is 2.38 bits per heavy atom. The third kappa shape index (κ3) is 4.10. The Hall–Kier alpha value is -1.28. The highest BCUT2D eigenvalue weighted by Gasteiger charge is 2.51. The molecule has 0 amide bonds. The lowest BCUT2D eigenvalue weighted by Gasteiger charge is -2.37. The molecule has 1 aromatic rings. The molecule has 21 heavy (non-hydrogen) atoms. The Balaban J connectivity index is 1.84. The summed E-state index contributed by atoms with van der Waals surface area (Å²) in [6.07, 6.45) is -9.90. The molecule has 0 spiro atoms. The van der Waals surface area contributed by atoms with Crippen LogP contribution in [0.2, 0.25) is 0 Å². The van der Waals surface area contributed by atoms with Crippen molar-refractivity contribution in [3.8, 4) is 0 Å². The van der Waals surface area contributed by atoms with E-state index in [2.05, 4.69) is 0 Å². The lowest BCUT2D eigenvalue weighted by molar-refractivity contribution is -0.282. The fraction of sp³-hybridized carbons (Fsp3) is 0.538. The summed E-state index contributed by atoms with van der Waals surface area (Å²) >= 11 is 0. The molecule has 1 aliphatic rings. The van der Waals surface area contributed by atoms with Gasteiger partial charge in [-0.25, -0.2) is 0 Å². The lowest BCUT2D eigenvalue weighted by Crippen LogP contribution is -2.50. The van der Waals surface area contributed by atoms with Crippen LogP contribution in [0.3, 0.4) is 0 Å². The number of rotatable bonds is 4. The smallest absolute Gasteiger partial charge is 0.374 e. The van der Waals surface area contributed by atoms with Crippen molar-refractivity contribution >= 4 is 0 Å². The fourth-order valence-corrected chi connectivity index (χ4v) is 1.93. The van der Waals surface area contributed by atoms with Gasteiger partial charge < -0.3 is 9.47 Å². The van der Waals surface area contributed by atoms with Gasteiger partial charge in [-0.05, 0) is 17.7 Å². The largest absolute Gasteiger partial charge is 0.416 e. The van der Waals surface area contributed by atoms with Gasteiger partial charge in [-0.1, -0.05) is 12.1 Å². The van der Waals surface area contributed by atoms with E-state index in [4.69, 9.17) is 9.47 Å². The van der Waals surface area contributed by atoms with Crippen molar-refractivity contribution in [1.29, 1.82) is 0 Å². The van der Waals surface area contributed by atoms with Gasteiger partial charge >= 0.3 is 12.4 Å². The van der Waals surface area contributed by atoms with Crippen molar-refractivity contribution in [2.24, 2.45) is 5.92 Å². The molecule has 0 bridgehead atoms. The van der Waals surface area contributed by atoms with E-state index in [1.165, 1.54) is 12.1 Å². The molecule has 2 nitrogen and oxygen atoms in total. The molecular weight excluding hydrogens is 302 g/mol. The van der Waals surface area contributed by atoms with Crippen LogP contribution in [0.1, 0.15) is 11.1 Å². The summed E-state index contributed by atoms with van der Waals surface area (Å²) in [5, 5.41) is 0. The van der Waals surface area contributed by atoms with Gasteiger partial charge in [0.25, 0.3) is 0 Å². The van der Waals surface area contributed by atoms with E-state index in [0.29, 0.717) is 0 Å². The summed E-state index contributed by atoms with van der Waals surface area (Å²) < 4.78 is 84.5. The quantitative estimate of drug-likeness (QED) is 0.787. The molecule has 2 unspecified atom stereocenters. The van der Waals surface area contributed by atoms with Crippen LogP contribution in [0.25, 0.3) is 0 Å². The first-order valence-corrected chi connectivity index (χ1v) is 6.10. The summed E-state index contributed by atoms with van der Waals surface area (Å²) in [6, 6.07) is 4.46. The van der Waals surface area contributed by atoms with Gasteiger partial charge in [0, 0.05) is 0 Å². The van der Waals surface area contributed by atoms with Gasteiger partial charge in [-0.2, -0.15) is 26.3 Å². The molecule has 1 fully saturated rings. The zero-order valence-corrected chi connectivity index (χ0v) is 10.7. The van der Waals surface area contributed by atoms with Crippen molar-refractivity contribution in [3.05, 3.63) is 35.4 Å². The highest BCUT2D eigenvalue weighted by molar-refractivity contribution is 5.25. The maximum absolute atomic E-state index is 12.5. The third-order valence-electron chi connectivity index (χ3n) is 3.16. The number of hydrogen-bond donors (Lipinski definition) is 0. The minimum atomic E-state index is -4.46. The van der Waals surface area contributed by atoms with Gasteiger partial charge in [0.2, 0.25) is 0 Å². The van der Waals surface area contributed by atoms with Crippen LogP contribution < -0.4 is 0 Å². The summed E-state index contributed by atoms with van der Waals surface area (Å²) in [5.74, 6) is -1.57. The van der Waals surface area contributed by atoms with Crippen molar-refractivity contribution in [3.63, 3.8) is 0 Å². The molecule has 0 radical (unpaired) electrons. The maximum Gasteiger partial charge on any atom is 0.416 e. The molecule has 1 aliphatic heterocycles. The maximum atomic E-state index is 12.5. The average Bonchev–Trinajstić information content (AvgIpc) is 2.30. The summed E-state index contributed by atoms with van der Waals surface area (Å²) in [6.45, 7) is -0.907. The highest BCUT2D eigenvalue weighted by Crippen LogP contribution is 2.37. The minimum Gasteiger partial charge on any atom is -0.374 e. The van der Waals surface area contributed by atoms with Gasteiger partial charge in [0.1, 0.15) is 5.92 Å².